The number of hydrogen-bond donors (Lipinski definition) is 3. The Bertz CT molecular complexity index is 940. The summed E-state index contributed by atoms with van der Waals surface area (Å²) in [6, 6.07) is 7.57. The molecule has 0 bridgehead atoms. The summed E-state index contributed by atoms with van der Waals surface area (Å²) in [5.74, 6) is 0. The molecule has 0 saturated heterocycles. The summed E-state index contributed by atoms with van der Waals surface area (Å²) in [5, 5.41) is 10.7. The number of hydrogen-bond acceptors (Lipinski definition) is 5. The van der Waals surface area contributed by atoms with Crippen LogP contribution in [-0.4, -0.2) is 21.5 Å². The van der Waals surface area contributed by atoms with Gasteiger partial charge in [0.2, 0.25) is 0 Å². The van der Waals surface area contributed by atoms with E-state index in [1.165, 1.54) is 0 Å². The second kappa shape index (κ2) is 7.31. The Hall–Kier alpha value is -2.64. The van der Waals surface area contributed by atoms with E-state index in [1.54, 1.807) is 12.5 Å². The summed E-state index contributed by atoms with van der Waals surface area (Å²) in [6.07, 6.45) is 7.20. The molecule has 0 aliphatic heterocycles. The molecule has 2 heterocycles. The van der Waals surface area contributed by atoms with Crippen LogP contribution in [0.15, 0.2) is 51.1 Å². The maximum absolute atomic E-state index is 6.41. The first-order valence-electron chi connectivity index (χ1n) is 8.53. The topological polar surface area (TPSA) is 105 Å². The van der Waals surface area contributed by atoms with Gasteiger partial charge in [0.05, 0.1) is 29.3 Å². The Labute approximate surface area is 155 Å². The molecule has 1 aromatic carbocycles. The van der Waals surface area contributed by atoms with Gasteiger partial charge in [0.1, 0.15) is 5.52 Å². The van der Waals surface area contributed by atoms with Gasteiger partial charge in [-0.25, -0.2) is 0 Å². The van der Waals surface area contributed by atoms with Crippen molar-refractivity contribution in [1.82, 2.24) is 20.5 Å². The SMILES string of the molecule is NC(C1=C(N/C=N/c2nc3ccccc3o2)CCCC1)c1[nH]ncc1Cl. The Balaban J connectivity index is 1.54. The Kier molecular flexibility index (Phi) is 4.73. The van der Waals surface area contributed by atoms with E-state index < -0.39 is 0 Å². The third-order valence-electron chi connectivity index (χ3n) is 4.51. The van der Waals surface area contributed by atoms with Crippen molar-refractivity contribution in [2.24, 2.45) is 10.7 Å². The number of nitrogens with one attached hydrogen (secondary N) is 2. The van der Waals surface area contributed by atoms with E-state index in [9.17, 15) is 0 Å². The van der Waals surface area contributed by atoms with Crippen LogP contribution in [0.2, 0.25) is 5.02 Å². The van der Waals surface area contributed by atoms with Crippen LogP contribution >= 0.6 is 11.6 Å². The first kappa shape index (κ1) is 16.8. The zero-order chi connectivity index (χ0) is 17.9. The van der Waals surface area contributed by atoms with Crippen molar-refractivity contribution in [3.05, 3.63) is 52.4 Å². The van der Waals surface area contributed by atoms with Crippen molar-refractivity contribution in [1.29, 1.82) is 0 Å². The number of aromatic nitrogens is 3. The summed E-state index contributed by atoms with van der Waals surface area (Å²) >= 11 is 6.16. The summed E-state index contributed by atoms with van der Waals surface area (Å²) in [7, 11) is 0. The summed E-state index contributed by atoms with van der Waals surface area (Å²) < 4.78 is 5.59. The number of aromatic amines is 1. The predicted octanol–water partition coefficient (Wildman–Crippen LogP) is 3.98. The lowest BCUT2D eigenvalue weighted by molar-refractivity contribution is 0.600. The lowest BCUT2D eigenvalue weighted by atomic mass is 9.90. The molecule has 26 heavy (non-hydrogen) atoms. The molecule has 3 aromatic rings. The fourth-order valence-corrected chi connectivity index (χ4v) is 3.40. The molecule has 1 unspecified atom stereocenters. The van der Waals surface area contributed by atoms with Crippen LogP contribution in [-0.2, 0) is 0 Å². The minimum Gasteiger partial charge on any atom is -0.422 e. The average molecular weight is 371 g/mol. The number of nitrogens with zero attached hydrogens (tertiary/aromatic N) is 3. The number of H-pyrrole nitrogens is 1. The zero-order valence-electron chi connectivity index (χ0n) is 14.1. The van der Waals surface area contributed by atoms with E-state index in [1.807, 2.05) is 24.3 Å². The molecule has 134 valence electrons. The smallest absolute Gasteiger partial charge is 0.324 e. The van der Waals surface area contributed by atoms with Crippen LogP contribution in [0.1, 0.15) is 37.4 Å². The van der Waals surface area contributed by atoms with Crippen LogP contribution in [0.5, 0.6) is 0 Å². The number of fused-ring (bicyclic) bond motifs is 1. The molecule has 8 heteroatoms. The van der Waals surface area contributed by atoms with Crippen molar-refractivity contribution in [2.45, 2.75) is 31.7 Å². The maximum Gasteiger partial charge on any atom is 0.324 e. The van der Waals surface area contributed by atoms with Gasteiger partial charge in [0.15, 0.2) is 5.58 Å². The minimum atomic E-state index is -0.314. The molecule has 1 aliphatic rings. The Morgan fingerprint density at radius 3 is 2.96 bits per heavy atom. The van der Waals surface area contributed by atoms with Crippen LogP contribution in [0, 0.1) is 0 Å². The third kappa shape index (κ3) is 3.36. The standard InChI is InChI=1S/C18H19ClN6O/c19-12-9-23-25-17(12)16(20)11-5-1-2-6-13(11)21-10-22-18-24-14-7-3-4-8-15(14)26-18/h3-4,7-10,16H,1-2,5-6,20H2,(H,23,25)(H,21,22,24). The molecule has 7 nitrogen and oxygen atoms in total. The van der Waals surface area contributed by atoms with E-state index >= 15 is 0 Å². The van der Waals surface area contributed by atoms with E-state index in [4.69, 9.17) is 21.8 Å². The lowest BCUT2D eigenvalue weighted by Crippen LogP contribution is -2.23. The van der Waals surface area contributed by atoms with Crippen molar-refractivity contribution in [2.75, 3.05) is 0 Å². The largest absolute Gasteiger partial charge is 0.422 e. The van der Waals surface area contributed by atoms with Gasteiger partial charge in [-0.15, -0.1) is 0 Å². The third-order valence-corrected chi connectivity index (χ3v) is 4.81. The van der Waals surface area contributed by atoms with E-state index in [0.717, 1.165) is 48.2 Å². The van der Waals surface area contributed by atoms with Gasteiger partial charge < -0.3 is 15.5 Å². The highest BCUT2D eigenvalue weighted by Gasteiger charge is 2.22. The van der Waals surface area contributed by atoms with Gasteiger partial charge in [-0.05, 0) is 43.4 Å². The van der Waals surface area contributed by atoms with Crippen molar-refractivity contribution < 1.29 is 4.42 Å². The first-order valence-corrected chi connectivity index (χ1v) is 8.91. The molecular weight excluding hydrogens is 352 g/mol. The van der Waals surface area contributed by atoms with E-state index in [2.05, 4.69) is 25.5 Å². The minimum absolute atomic E-state index is 0.314. The van der Waals surface area contributed by atoms with Gasteiger partial charge in [-0.2, -0.15) is 15.1 Å². The van der Waals surface area contributed by atoms with Crippen LogP contribution in [0.4, 0.5) is 6.01 Å². The number of benzene rings is 1. The normalized spacial score (nSPS) is 16.5. The summed E-state index contributed by atoms with van der Waals surface area (Å²) in [6.45, 7) is 0. The highest BCUT2D eigenvalue weighted by molar-refractivity contribution is 6.31. The fourth-order valence-electron chi connectivity index (χ4n) is 3.19. The summed E-state index contributed by atoms with van der Waals surface area (Å²) in [5.41, 5.74) is 10.8. The number of allylic oxidation sites excluding steroid dienone is 1. The van der Waals surface area contributed by atoms with Crippen LogP contribution in [0.3, 0.4) is 0 Å². The number of aliphatic imine (C=N–C) groups is 1. The van der Waals surface area contributed by atoms with Crippen molar-refractivity contribution >= 4 is 35.1 Å². The molecule has 2 aromatic heterocycles. The van der Waals surface area contributed by atoms with E-state index in [0.29, 0.717) is 16.6 Å². The maximum atomic E-state index is 6.41. The summed E-state index contributed by atoms with van der Waals surface area (Å²) in [4.78, 5) is 8.60. The predicted molar refractivity (Wildman–Crippen MR) is 101 cm³/mol. The molecule has 0 radical (unpaired) electrons. The number of oxazole rings is 1. The van der Waals surface area contributed by atoms with Gasteiger partial charge in [-0.3, -0.25) is 5.10 Å². The Morgan fingerprint density at radius 2 is 2.15 bits per heavy atom. The molecule has 0 amide bonds. The molecule has 0 saturated carbocycles. The lowest BCUT2D eigenvalue weighted by Gasteiger charge is -2.24. The highest BCUT2D eigenvalue weighted by atomic mass is 35.5. The second-order valence-electron chi connectivity index (χ2n) is 6.19. The monoisotopic (exact) mass is 370 g/mol. The molecule has 1 aliphatic carbocycles. The molecule has 0 fully saturated rings. The van der Waals surface area contributed by atoms with Gasteiger partial charge in [0.25, 0.3) is 0 Å². The molecular formula is C18H19ClN6O. The van der Waals surface area contributed by atoms with Crippen LogP contribution < -0.4 is 11.1 Å². The molecule has 4 rings (SSSR count). The quantitative estimate of drug-likeness (QED) is 0.465. The number of para-hydroxylation sites is 2. The highest BCUT2D eigenvalue weighted by Crippen LogP contribution is 2.33. The average Bonchev–Trinajstić information content (AvgIpc) is 3.27. The zero-order valence-corrected chi connectivity index (χ0v) is 14.8. The van der Waals surface area contributed by atoms with Crippen molar-refractivity contribution in [3.8, 4) is 0 Å². The fraction of sp³-hybridized carbons (Fsp3) is 0.278. The number of rotatable bonds is 5. The van der Waals surface area contributed by atoms with Gasteiger partial charge in [0, 0.05) is 5.70 Å². The van der Waals surface area contributed by atoms with Crippen molar-refractivity contribution in [3.63, 3.8) is 0 Å². The first-order chi connectivity index (χ1) is 12.7. The van der Waals surface area contributed by atoms with Gasteiger partial charge >= 0.3 is 6.01 Å². The molecule has 4 N–H and O–H groups in total. The number of nitrogens with two attached hydrogens (primary N) is 1. The molecule has 0 spiro atoms. The van der Waals surface area contributed by atoms with Crippen LogP contribution in [0.25, 0.3) is 11.1 Å². The van der Waals surface area contributed by atoms with Gasteiger partial charge in [-0.1, -0.05) is 23.7 Å². The van der Waals surface area contributed by atoms with E-state index in [-0.39, 0.29) is 6.04 Å². The number of halogens is 1. The Morgan fingerprint density at radius 1 is 1.31 bits per heavy atom. The molecule has 1 atom stereocenters. The second-order valence-corrected chi connectivity index (χ2v) is 6.59.